The Morgan fingerprint density at radius 2 is 2.25 bits per heavy atom. The summed E-state index contributed by atoms with van der Waals surface area (Å²) in [5, 5.41) is 3.27. The summed E-state index contributed by atoms with van der Waals surface area (Å²) in [5.41, 5.74) is 7.37. The van der Waals surface area contributed by atoms with Gasteiger partial charge in [0.2, 0.25) is 5.91 Å². The average molecular weight is 241 g/mol. The third-order valence-corrected chi connectivity index (χ3v) is 2.63. The fourth-order valence-electron chi connectivity index (χ4n) is 1.39. The summed E-state index contributed by atoms with van der Waals surface area (Å²) < 4.78 is 0. The molecule has 3 N–H and O–H groups in total. The highest BCUT2D eigenvalue weighted by atomic mass is 35.5. The first-order chi connectivity index (χ1) is 7.54. The minimum atomic E-state index is -0.470. The zero-order chi connectivity index (χ0) is 12.1. The molecule has 1 unspecified atom stereocenters. The lowest BCUT2D eigenvalue weighted by molar-refractivity contribution is -0.117. The van der Waals surface area contributed by atoms with Gasteiger partial charge in [0.25, 0.3) is 0 Å². The van der Waals surface area contributed by atoms with E-state index >= 15 is 0 Å². The number of benzene rings is 1. The van der Waals surface area contributed by atoms with Crippen LogP contribution in [0.4, 0.5) is 5.69 Å². The molecule has 1 atom stereocenters. The number of amides is 1. The molecule has 0 saturated heterocycles. The van der Waals surface area contributed by atoms with Crippen LogP contribution in [0.2, 0.25) is 5.02 Å². The van der Waals surface area contributed by atoms with E-state index in [1.807, 2.05) is 26.0 Å². The normalized spacial score (nSPS) is 12.2. The first kappa shape index (κ1) is 13.0. The highest BCUT2D eigenvalue weighted by molar-refractivity contribution is 6.33. The number of hydrogen-bond donors (Lipinski definition) is 2. The minimum absolute atomic E-state index is 0.187. The summed E-state index contributed by atoms with van der Waals surface area (Å²) in [6.07, 6.45) is 1.56. The Kier molecular flexibility index (Phi) is 4.77. The fourth-order valence-corrected chi connectivity index (χ4v) is 1.67. The van der Waals surface area contributed by atoms with Crippen molar-refractivity contribution in [2.75, 3.05) is 5.32 Å². The number of hydrogen-bond acceptors (Lipinski definition) is 2. The smallest absolute Gasteiger partial charge is 0.241 e. The number of rotatable bonds is 4. The quantitative estimate of drug-likeness (QED) is 0.850. The molecule has 0 aliphatic heterocycles. The first-order valence-electron chi connectivity index (χ1n) is 5.37. The molecule has 0 saturated carbocycles. The Morgan fingerprint density at radius 1 is 1.56 bits per heavy atom. The Morgan fingerprint density at radius 3 is 2.81 bits per heavy atom. The van der Waals surface area contributed by atoms with Gasteiger partial charge in [0, 0.05) is 0 Å². The van der Waals surface area contributed by atoms with Crippen molar-refractivity contribution in [3.8, 4) is 0 Å². The summed E-state index contributed by atoms with van der Waals surface area (Å²) in [4.78, 5) is 11.6. The topological polar surface area (TPSA) is 55.1 Å². The maximum absolute atomic E-state index is 11.6. The van der Waals surface area contributed by atoms with Crippen LogP contribution in [-0.2, 0) is 4.79 Å². The second kappa shape index (κ2) is 5.87. The lowest BCUT2D eigenvalue weighted by atomic mass is 10.1. The van der Waals surface area contributed by atoms with E-state index in [4.69, 9.17) is 17.3 Å². The number of carbonyl (C=O) groups excluding carboxylic acids is 1. The zero-order valence-electron chi connectivity index (χ0n) is 9.59. The highest BCUT2D eigenvalue weighted by Gasteiger charge is 2.13. The van der Waals surface area contributed by atoms with Crippen LogP contribution in [0.25, 0.3) is 0 Å². The van der Waals surface area contributed by atoms with Crippen LogP contribution in [0, 0.1) is 6.92 Å². The molecular formula is C12H17ClN2O. The molecule has 1 amide bonds. The second-order valence-electron chi connectivity index (χ2n) is 3.87. The zero-order valence-corrected chi connectivity index (χ0v) is 10.3. The largest absolute Gasteiger partial charge is 0.323 e. The van der Waals surface area contributed by atoms with E-state index in [-0.39, 0.29) is 5.91 Å². The number of nitrogens with one attached hydrogen (secondary N) is 1. The summed E-state index contributed by atoms with van der Waals surface area (Å²) in [6.45, 7) is 3.94. The molecule has 0 fully saturated rings. The molecule has 0 aliphatic rings. The Bertz CT molecular complexity index is 379. The maximum atomic E-state index is 11.6. The molecule has 0 radical (unpaired) electrons. The maximum Gasteiger partial charge on any atom is 0.241 e. The van der Waals surface area contributed by atoms with Crippen molar-refractivity contribution < 1.29 is 4.79 Å². The third kappa shape index (κ3) is 3.51. The summed E-state index contributed by atoms with van der Waals surface area (Å²) in [5.74, 6) is -0.187. The van der Waals surface area contributed by atoms with Gasteiger partial charge < -0.3 is 11.1 Å². The van der Waals surface area contributed by atoms with Gasteiger partial charge in [-0.25, -0.2) is 0 Å². The summed E-state index contributed by atoms with van der Waals surface area (Å²) in [6, 6.07) is 5.02. The van der Waals surface area contributed by atoms with Gasteiger partial charge in [0.15, 0.2) is 0 Å². The lowest BCUT2D eigenvalue weighted by Crippen LogP contribution is -2.35. The molecule has 1 rings (SSSR count). The van der Waals surface area contributed by atoms with Crippen molar-refractivity contribution in [3.05, 3.63) is 28.8 Å². The molecule has 1 aromatic carbocycles. The summed E-state index contributed by atoms with van der Waals surface area (Å²) in [7, 11) is 0. The molecule has 16 heavy (non-hydrogen) atoms. The second-order valence-corrected chi connectivity index (χ2v) is 4.27. The van der Waals surface area contributed by atoms with E-state index in [2.05, 4.69) is 5.32 Å². The van der Waals surface area contributed by atoms with Crippen LogP contribution in [0.1, 0.15) is 25.3 Å². The minimum Gasteiger partial charge on any atom is -0.323 e. The molecule has 3 nitrogen and oxygen atoms in total. The monoisotopic (exact) mass is 240 g/mol. The van der Waals surface area contributed by atoms with E-state index in [9.17, 15) is 4.79 Å². The van der Waals surface area contributed by atoms with Gasteiger partial charge in [-0.1, -0.05) is 31.0 Å². The van der Waals surface area contributed by atoms with E-state index in [0.29, 0.717) is 17.1 Å². The molecule has 88 valence electrons. The predicted molar refractivity (Wildman–Crippen MR) is 67.7 cm³/mol. The van der Waals surface area contributed by atoms with E-state index < -0.39 is 6.04 Å². The van der Waals surface area contributed by atoms with Gasteiger partial charge in [-0.05, 0) is 31.0 Å². The third-order valence-electron chi connectivity index (χ3n) is 2.32. The van der Waals surface area contributed by atoms with Crippen LogP contribution < -0.4 is 11.1 Å². The number of aryl methyl sites for hydroxylation is 1. The molecule has 0 heterocycles. The van der Waals surface area contributed by atoms with E-state index in [1.54, 1.807) is 6.07 Å². The summed E-state index contributed by atoms with van der Waals surface area (Å²) >= 11 is 6.00. The molecule has 0 aromatic heterocycles. The Hall–Kier alpha value is -1.06. The predicted octanol–water partition coefficient (Wildman–Crippen LogP) is 2.71. The number of carbonyl (C=O) groups is 1. The highest BCUT2D eigenvalue weighted by Crippen LogP contribution is 2.22. The Balaban J connectivity index is 2.69. The number of anilines is 1. The average Bonchev–Trinajstić information content (AvgIpc) is 2.22. The van der Waals surface area contributed by atoms with Crippen molar-refractivity contribution in [2.45, 2.75) is 32.7 Å². The molecule has 4 heteroatoms. The van der Waals surface area contributed by atoms with Gasteiger partial charge in [0.05, 0.1) is 16.8 Å². The van der Waals surface area contributed by atoms with Gasteiger partial charge in [-0.15, -0.1) is 0 Å². The van der Waals surface area contributed by atoms with Gasteiger partial charge >= 0.3 is 0 Å². The van der Waals surface area contributed by atoms with Crippen LogP contribution >= 0.6 is 11.6 Å². The molecule has 0 spiro atoms. The number of halogens is 1. The first-order valence-corrected chi connectivity index (χ1v) is 5.75. The standard InChI is InChI=1S/C12H17ClN2O/c1-3-4-10(14)12(16)15-11-6-5-8(2)7-9(11)13/h5-7,10H,3-4,14H2,1-2H3,(H,15,16). The van der Waals surface area contributed by atoms with Crippen molar-refractivity contribution >= 4 is 23.2 Å². The van der Waals surface area contributed by atoms with E-state index in [0.717, 1.165) is 12.0 Å². The van der Waals surface area contributed by atoms with Crippen LogP contribution in [-0.4, -0.2) is 11.9 Å². The van der Waals surface area contributed by atoms with Crippen molar-refractivity contribution in [1.82, 2.24) is 0 Å². The molecule has 0 bridgehead atoms. The molecular weight excluding hydrogens is 224 g/mol. The van der Waals surface area contributed by atoms with Crippen molar-refractivity contribution in [3.63, 3.8) is 0 Å². The SMILES string of the molecule is CCCC(N)C(=O)Nc1ccc(C)cc1Cl. The van der Waals surface area contributed by atoms with Gasteiger partial charge in [-0.3, -0.25) is 4.79 Å². The van der Waals surface area contributed by atoms with E-state index in [1.165, 1.54) is 0 Å². The van der Waals surface area contributed by atoms with Crippen molar-refractivity contribution in [2.24, 2.45) is 5.73 Å². The van der Waals surface area contributed by atoms with Gasteiger partial charge in [-0.2, -0.15) is 0 Å². The van der Waals surface area contributed by atoms with Crippen molar-refractivity contribution in [1.29, 1.82) is 0 Å². The van der Waals surface area contributed by atoms with Crippen LogP contribution in [0.15, 0.2) is 18.2 Å². The van der Waals surface area contributed by atoms with Crippen LogP contribution in [0.3, 0.4) is 0 Å². The number of nitrogens with two attached hydrogens (primary N) is 1. The molecule has 1 aromatic rings. The van der Waals surface area contributed by atoms with Gasteiger partial charge in [0.1, 0.15) is 0 Å². The Labute approximate surface area is 101 Å². The van der Waals surface area contributed by atoms with Crippen LogP contribution in [0.5, 0.6) is 0 Å². The fraction of sp³-hybridized carbons (Fsp3) is 0.417. The lowest BCUT2D eigenvalue weighted by Gasteiger charge is -2.12. The molecule has 0 aliphatic carbocycles.